The Kier molecular flexibility index (Phi) is 6.53. The number of para-hydroxylation sites is 1. The van der Waals surface area contributed by atoms with Crippen LogP contribution in [0.2, 0.25) is 0 Å². The smallest absolute Gasteiger partial charge is 0.238 e. The zero-order valence-corrected chi connectivity index (χ0v) is 17.2. The van der Waals surface area contributed by atoms with Gasteiger partial charge in [-0.25, -0.2) is 23.5 Å². The first-order valence-corrected chi connectivity index (χ1v) is 10.6. The maximum atomic E-state index is 11.4. The number of anilines is 2. The van der Waals surface area contributed by atoms with Crippen molar-refractivity contribution in [3.63, 3.8) is 0 Å². The lowest BCUT2D eigenvalue weighted by molar-refractivity contribution is 0.164. The normalized spacial score (nSPS) is 14.9. The number of piperidine rings is 1. The second-order valence-electron chi connectivity index (χ2n) is 6.65. The molecule has 29 heavy (non-hydrogen) atoms. The Bertz CT molecular complexity index is 1090. The lowest BCUT2D eigenvalue weighted by Gasteiger charge is -2.24. The van der Waals surface area contributed by atoms with Gasteiger partial charge in [-0.05, 0) is 56.3 Å². The summed E-state index contributed by atoms with van der Waals surface area (Å²) in [4.78, 5) is 8.98. The molecule has 0 bridgehead atoms. The molecule has 1 saturated heterocycles. The molecule has 4 rings (SSSR count). The fourth-order valence-corrected chi connectivity index (χ4v) is 3.65. The Morgan fingerprint density at radius 3 is 2.52 bits per heavy atom. The minimum absolute atomic E-state index is 0. The monoisotopic (exact) mass is 435 g/mol. The van der Waals surface area contributed by atoms with Crippen molar-refractivity contribution in [2.24, 2.45) is 5.14 Å². The number of sulfonamides is 1. The summed E-state index contributed by atoms with van der Waals surface area (Å²) in [7, 11) is -3.72. The van der Waals surface area contributed by atoms with Crippen LogP contribution in [0.5, 0.6) is 5.75 Å². The van der Waals surface area contributed by atoms with Gasteiger partial charge in [-0.1, -0.05) is 12.1 Å². The molecule has 4 N–H and O–H groups in total. The van der Waals surface area contributed by atoms with E-state index < -0.39 is 10.0 Å². The van der Waals surface area contributed by atoms with Gasteiger partial charge in [0.05, 0.1) is 4.90 Å². The second-order valence-corrected chi connectivity index (χ2v) is 8.21. The summed E-state index contributed by atoms with van der Waals surface area (Å²) < 4.78 is 28.9. The average molecular weight is 436 g/mol. The molecule has 0 amide bonds. The van der Waals surface area contributed by atoms with Crippen LogP contribution in [0.15, 0.2) is 53.6 Å². The fraction of sp³-hybridized carbons (Fsp3) is 0.263. The molecule has 2 heterocycles. The molecule has 2 aromatic carbocycles. The number of halogens is 1. The van der Waals surface area contributed by atoms with Crippen molar-refractivity contribution in [2.75, 3.05) is 18.4 Å². The van der Waals surface area contributed by atoms with Gasteiger partial charge < -0.3 is 15.4 Å². The first-order chi connectivity index (χ1) is 13.5. The zero-order valence-electron chi connectivity index (χ0n) is 15.5. The molecule has 8 nitrogen and oxygen atoms in total. The number of hydrogen-bond donors (Lipinski definition) is 3. The SMILES string of the molecule is Cl.NS(=O)(=O)c1ccc(Nc2ncc3cccc(OC4CCNCC4)c3n2)cc1. The van der Waals surface area contributed by atoms with E-state index in [1.807, 2.05) is 18.2 Å². The maximum Gasteiger partial charge on any atom is 0.238 e. The summed E-state index contributed by atoms with van der Waals surface area (Å²) >= 11 is 0. The number of rotatable bonds is 5. The van der Waals surface area contributed by atoms with E-state index in [9.17, 15) is 8.42 Å². The van der Waals surface area contributed by atoms with Crippen LogP contribution in [0, 0.1) is 0 Å². The number of aromatic nitrogens is 2. The molecule has 1 fully saturated rings. The van der Waals surface area contributed by atoms with Gasteiger partial charge in [0.2, 0.25) is 16.0 Å². The van der Waals surface area contributed by atoms with Crippen LogP contribution >= 0.6 is 12.4 Å². The molecule has 0 aliphatic carbocycles. The minimum atomic E-state index is -3.72. The van der Waals surface area contributed by atoms with Gasteiger partial charge in [-0.2, -0.15) is 0 Å². The summed E-state index contributed by atoms with van der Waals surface area (Å²) in [5.41, 5.74) is 1.39. The summed E-state index contributed by atoms with van der Waals surface area (Å²) in [5.74, 6) is 1.14. The lowest BCUT2D eigenvalue weighted by Crippen LogP contribution is -2.34. The summed E-state index contributed by atoms with van der Waals surface area (Å²) in [6.07, 6.45) is 3.83. The predicted molar refractivity (Wildman–Crippen MR) is 114 cm³/mol. The third kappa shape index (κ3) is 5.13. The molecule has 0 unspecified atom stereocenters. The molecule has 0 saturated carbocycles. The molecular weight excluding hydrogens is 414 g/mol. The van der Waals surface area contributed by atoms with E-state index in [1.54, 1.807) is 18.3 Å². The fourth-order valence-electron chi connectivity index (χ4n) is 3.13. The Balaban J connectivity index is 0.00000240. The highest BCUT2D eigenvalue weighted by atomic mass is 35.5. The number of primary sulfonamides is 1. The van der Waals surface area contributed by atoms with E-state index >= 15 is 0 Å². The molecule has 0 radical (unpaired) electrons. The van der Waals surface area contributed by atoms with Gasteiger partial charge in [0, 0.05) is 17.3 Å². The zero-order chi connectivity index (χ0) is 19.6. The highest BCUT2D eigenvalue weighted by molar-refractivity contribution is 7.89. The second kappa shape index (κ2) is 8.91. The lowest BCUT2D eigenvalue weighted by atomic mass is 10.1. The van der Waals surface area contributed by atoms with Crippen molar-refractivity contribution in [3.8, 4) is 5.75 Å². The van der Waals surface area contributed by atoms with Crippen LogP contribution < -0.4 is 20.5 Å². The van der Waals surface area contributed by atoms with E-state index in [4.69, 9.17) is 9.88 Å². The third-order valence-corrected chi connectivity index (χ3v) is 5.52. The molecule has 1 aliphatic heterocycles. The first kappa shape index (κ1) is 21.3. The van der Waals surface area contributed by atoms with E-state index in [-0.39, 0.29) is 23.4 Å². The molecule has 1 aliphatic rings. The van der Waals surface area contributed by atoms with Gasteiger partial charge in [-0.15, -0.1) is 12.4 Å². The first-order valence-electron chi connectivity index (χ1n) is 9.02. The van der Waals surface area contributed by atoms with Gasteiger partial charge in [0.1, 0.15) is 17.4 Å². The van der Waals surface area contributed by atoms with Crippen molar-refractivity contribution in [2.45, 2.75) is 23.8 Å². The summed E-state index contributed by atoms with van der Waals surface area (Å²) in [6, 6.07) is 11.9. The van der Waals surface area contributed by atoms with E-state index in [2.05, 4.69) is 20.6 Å². The predicted octanol–water partition coefficient (Wildman–Crippen LogP) is 2.57. The van der Waals surface area contributed by atoms with Crippen LogP contribution in [0.25, 0.3) is 10.9 Å². The number of hydrogen-bond acceptors (Lipinski definition) is 7. The number of benzene rings is 2. The Morgan fingerprint density at radius 1 is 1.10 bits per heavy atom. The van der Waals surface area contributed by atoms with Crippen LogP contribution in [-0.2, 0) is 10.0 Å². The number of nitrogens with one attached hydrogen (secondary N) is 2. The van der Waals surface area contributed by atoms with Crippen molar-refractivity contribution in [3.05, 3.63) is 48.7 Å². The van der Waals surface area contributed by atoms with Gasteiger partial charge >= 0.3 is 0 Å². The van der Waals surface area contributed by atoms with E-state index in [1.165, 1.54) is 12.1 Å². The molecule has 154 valence electrons. The van der Waals surface area contributed by atoms with Crippen molar-refractivity contribution in [1.29, 1.82) is 0 Å². The molecule has 10 heteroatoms. The molecule has 0 spiro atoms. The largest absolute Gasteiger partial charge is 0.488 e. The van der Waals surface area contributed by atoms with Crippen LogP contribution in [0.3, 0.4) is 0 Å². The number of fused-ring (bicyclic) bond motifs is 1. The van der Waals surface area contributed by atoms with Gasteiger partial charge in [0.25, 0.3) is 0 Å². The van der Waals surface area contributed by atoms with Crippen molar-refractivity contribution in [1.82, 2.24) is 15.3 Å². The summed E-state index contributed by atoms with van der Waals surface area (Å²) in [6.45, 7) is 1.90. The molecule has 3 aromatic rings. The number of ether oxygens (including phenoxy) is 1. The molecular formula is C19H22ClN5O3S. The topological polar surface area (TPSA) is 119 Å². The van der Waals surface area contributed by atoms with Crippen LogP contribution in [0.4, 0.5) is 11.6 Å². The standard InChI is InChI=1S/C19H21N5O3S.ClH/c20-28(25,26)16-6-4-14(5-7-16)23-19-22-12-13-2-1-3-17(18(13)24-19)27-15-8-10-21-11-9-15;/h1-7,12,15,21H,8-11H2,(H2,20,25,26)(H,22,23,24);1H. The minimum Gasteiger partial charge on any atom is -0.488 e. The van der Waals surface area contributed by atoms with Crippen molar-refractivity contribution < 1.29 is 13.2 Å². The van der Waals surface area contributed by atoms with Crippen molar-refractivity contribution >= 4 is 45.0 Å². The Morgan fingerprint density at radius 2 is 1.83 bits per heavy atom. The average Bonchev–Trinajstić information content (AvgIpc) is 2.69. The maximum absolute atomic E-state index is 11.4. The number of nitrogens with two attached hydrogens (primary N) is 1. The van der Waals surface area contributed by atoms with Crippen LogP contribution in [-0.4, -0.2) is 37.6 Å². The quantitative estimate of drug-likeness (QED) is 0.563. The van der Waals surface area contributed by atoms with E-state index in [0.717, 1.165) is 42.6 Å². The highest BCUT2D eigenvalue weighted by Gasteiger charge is 2.16. The molecule has 1 aromatic heterocycles. The number of nitrogens with zero attached hydrogens (tertiary/aromatic N) is 2. The van der Waals surface area contributed by atoms with Gasteiger partial charge in [-0.3, -0.25) is 0 Å². The third-order valence-electron chi connectivity index (χ3n) is 4.59. The van der Waals surface area contributed by atoms with Gasteiger partial charge in [0.15, 0.2) is 0 Å². The van der Waals surface area contributed by atoms with E-state index in [0.29, 0.717) is 11.6 Å². The molecule has 0 atom stereocenters. The Hall–Kier alpha value is -2.46. The Labute approximate surface area is 175 Å². The summed E-state index contributed by atoms with van der Waals surface area (Å²) in [5, 5.41) is 12.4. The highest BCUT2D eigenvalue weighted by Crippen LogP contribution is 2.27. The van der Waals surface area contributed by atoms with Crippen LogP contribution in [0.1, 0.15) is 12.8 Å².